The fraction of sp³-hybridized carbons (Fsp3) is 0.375. The quantitative estimate of drug-likeness (QED) is 0.790. The third-order valence-electron chi connectivity index (χ3n) is 3.24. The van der Waals surface area contributed by atoms with Crippen LogP contribution in [-0.2, 0) is 13.0 Å². The Labute approximate surface area is 131 Å². The van der Waals surface area contributed by atoms with Gasteiger partial charge in [-0.3, -0.25) is 4.68 Å². The summed E-state index contributed by atoms with van der Waals surface area (Å²) in [6, 6.07) is 10.3. The van der Waals surface area contributed by atoms with E-state index >= 15 is 0 Å². The lowest BCUT2D eigenvalue weighted by Gasteiger charge is -2.09. The first kappa shape index (κ1) is 15.5. The molecule has 1 heterocycles. The minimum atomic E-state index is 0.553. The summed E-state index contributed by atoms with van der Waals surface area (Å²) in [6.45, 7) is 5.11. The zero-order valence-corrected chi connectivity index (χ0v) is 13.4. The van der Waals surface area contributed by atoms with E-state index < -0.39 is 0 Å². The molecule has 0 aliphatic rings. The Kier molecular flexibility index (Phi) is 5.75. The molecule has 0 fully saturated rings. The van der Waals surface area contributed by atoms with Crippen LogP contribution in [-0.4, -0.2) is 14.9 Å². The van der Waals surface area contributed by atoms with Gasteiger partial charge in [-0.2, -0.15) is 5.10 Å². The summed E-state index contributed by atoms with van der Waals surface area (Å²) in [4.78, 5) is 0. The van der Waals surface area contributed by atoms with E-state index in [-0.39, 0.29) is 0 Å². The van der Waals surface area contributed by atoms with Gasteiger partial charge in [-0.1, -0.05) is 25.5 Å². The number of hydrogen-bond acceptors (Lipinski definition) is 2. The van der Waals surface area contributed by atoms with E-state index in [1.807, 2.05) is 23.9 Å². The van der Waals surface area contributed by atoms with Gasteiger partial charge in [0.2, 0.25) is 0 Å². The summed E-state index contributed by atoms with van der Waals surface area (Å²) >= 11 is 5.29. The third-order valence-corrected chi connectivity index (χ3v) is 3.44. The van der Waals surface area contributed by atoms with Crippen molar-refractivity contribution >= 4 is 28.8 Å². The van der Waals surface area contributed by atoms with Crippen molar-refractivity contribution in [3.05, 3.63) is 42.1 Å². The van der Waals surface area contributed by atoms with Gasteiger partial charge in [0.1, 0.15) is 0 Å². The molecule has 0 atom stereocenters. The predicted octanol–water partition coefficient (Wildman–Crippen LogP) is 4.05. The van der Waals surface area contributed by atoms with Crippen LogP contribution >= 0.6 is 12.2 Å². The molecular weight excluding hydrogens is 280 g/mol. The van der Waals surface area contributed by atoms with Crippen molar-refractivity contribution in [2.75, 3.05) is 10.6 Å². The summed E-state index contributed by atoms with van der Waals surface area (Å²) in [5.74, 6) is 0.758. The van der Waals surface area contributed by atoms with E-state index in [1.54, 1.807) is 0 Å². The molecule has 0 amide bonds. The number of benzene rings is 1. The molecule has 0 bridgehead atoms. The maximum Gasteiger partial charge on any atom is 0.176 e. The number of rotatable bonds is 6. The fourth-order valence-corrected chi connectivity index (χ4v) is 2.24. The van der Waals surface area contributed by atoms with Crippen LogP contribution in [0.25, 0.3) is 0 Å². The molecule has 2 aromatic rings. The van der Waals surface area contributed by atoms with E-state index in [0.29, 0.717) is 5.11 Å². The van der Waals surface area contributed by atoms with Gasteiger partial charge in [-0.15, -0.1) is 0 Å². The van der Waals surface area contributed by atoms with E-state index in [1.165, 1.54) is 18.4 Å². The largest absolute Gasteiger partial charge is 0.332 e. The van der Waals surface area contributed by atoms with Crippen molar-refractivity contribution in [1.29, 1.82) is 0 Å². The Morgan fingerprint density at radius 2 is 1.90 bits per heavy atom. The molecule has 0 spiro atoms. The van der Waals surface area contributed by atoms with Gasteiger partial charge in [0, 0.05) is 24.5 Å². The lowest BCUT2D eigenvalue weighted by molar-refractivity contribution is 0.662. The van der Waals surface area contributed by atoms with E-state index in [4.69, 9.17) is 12.2 Å². The fourth-order valence-electron chi connectivity index (χ4n) is 2.02. The molecule has 4 nitrogen and oxygen atoms in total. The monoisotopic (exact) mass is 302 g/mol. The molecule has 0 radical (unpaired) electrons. The molecule has 21 heavy (non-hydrogen) atoms. The smallest absolute Gasteiger partial charge is 0.176 e. The van der Waals surface area contributed by atoms with Crippen molar-refractivity contribution in [3.63, 3.8) is 0 Å². The van der Waals surface area contributed by atoms with Crippen LogP contribution in [0.4, 0.5) is 11.5 Å². The zero-order chi connectivity index (χ0) is 15.1. The minimum absolute atomic E-state index is 0.553. The summed E-state index contributed by atoms with van der Waals surface area (Å²) in [6.07, 6.45) is 5.51. The van der Waals surface area contributed by atoms with E-state index in [2.05, 4.69) is 46.9 Å². The second-order valence-electron chi connectivity index (χ2n) is 4.94. The summed E-state index contributed by atoms with van der Waals surface area (Å²) in [5.41, 5.74) is 2.35. The number of nitrogens with one attached hydrogen (secondary N) is 2. The van der Waals surface area contributed by atoms with Crippen molar-refractivity contribution in [1.82, 2.24) is 9.78 Å². The maximum atomic E-state index is 5.29. The highest BCUT2D eigenvalue weighted by Crippen LogP contribution is 2.12. The molecule has 112 valence electrons. The first-order chi connectivity index (χ1) is 10.2. The average molecular weight is 302 g/mol. The van der Waals surface area contributed by atoms with Gasteiger partial charge in [0.15, 0.2) is 10.9 Å². The molecule has 0 unspecified atom stereocenters. The number of hydrogen-bond donors (Lipinski definition) is 2. The second kappa shape index (κ2) is 7.78. The molecule has 1 aromatic carbocycles. The number of nitrogens with zero attached hydrogens (tertiary/aromatic N) is 2. The maximum absolute atomic E-state index is 5.29. The van der Waals surface area contributed by atoms with Crippen LogP contribution in [0.15, 0.2) is 36.5 Å². The molecule has 0 aliphatic heterocycles. The number of aryl methyl sites for hydroxylation is 2. The topological polar surface area (TPSA) is 41.9 Å². The Balaban J connectivity index is 1.87. The van der Waals surface area contributed by atoms with Crippen LogP contribution in [0.5, 0.6) is 0 Å². The van der Waals surface area contributed by atoms with E-state index in [0.717, 1.165) is 24.5 Å². The minimum Gasteiger partial charge on any atom is -0.332 e. The Bertz CT molecular complexity index is 574. The van der Waals surface area contributed by atoms with Crippen LogP contribution in [0, 0.1) is 0 Å². The van der Waals surface area contributed by atoms with E-state index in [9.17, 15) is 0 Å². The Morgan fingerprint density at radius 3 is 2.52 bits per heavy atom. The number of unbranched alkanes of at least 4 members (excludes halogenated alkanes) is 1. The van der Waals surface area contributed by atoms with Crippen LogP contribution in [0.3, 0.4) is 0 Å². The standard InChI is InChI=1S/C16H22N4S/c1-3-5-6-13-7-9-14(10-8-13)17-16(21)18-15-11-12-20(4-2)19-15/h7-12H,3-6H2,1-2H3,(H2,17,18,19,21). The van der Waals surface area contributed by atoms with Gasteiger partial charge in [0.25, 0.3) is 0 Å². The van der Waals surface area contributed by atoms with Gasteiger partial charge in [-0.25, -0.2) is 0 Å². The number of anilines is 2. The molecule has 2 N–H and O–H groups in total. The third kappa shape index (κ3) is 4.86. The van der Waals surface area contributed by atoms with Crippen molar-refractivity contribution < 1.29 is 0 Å². The number of thiocarbonyl (C=S) groups is 1. The van der Waals surface area contributed by atoms with Gasteiger partial charge in [-0.05, 0) is 49.7 Å². The van der Waals surface area contributed by atoms with Crippen molar-refractivity contribution in [2.24, 2.45) is 0 Å². The Morgan fingerprint density at radius 1 is 1.14 bits per heavy atom. The molecule has 5 heteroatoms. The van der Waals surface area contributed by atoms with Gasteiger partial charge in [0.05, 0.1) is 0 Å². The summed E-state index contributed by atoms with van der Waals surface area (Å²) in [5, 5.41) is 11.1. The average Bonchev–Trinajstić information content (AvgIpc) is 2.94. The number of aromatic nitrogens is 2. The molecule has 2 rings (SSSR count). The predicted molar refractivity (Wildman–Crippen MR) is 92.8 cm³/mol. The lowest BCUT2D eigenvalue weighted by Crippen LogP contribution is -2.19. The van der Waals surface area contributed by atoms with Crippen molar-refractivity contribution in [3.8, 4) is 0 Å². The molecule has 0 saturated carbocycles. The lowest BCUT2D eigenvalue weighted by atomic mass is 10.1. The van der Waals surface area contributed by atoms with Crippen LogP contribution < -0.4 is 10.6 Å². The summed E-state index contributed by atoms with van der Waals surface area (Å²) in [7, 11) is 0. The summed E-state index contributed by atoms with van der Waals surface area (Å²) < 4.78 is 1.85. The second-order valence-corrected chi connectivity index (χ2v) is 5.34. The highest BCUT2D eigenvalue weighted by molar-refractivity contribution is 7.80. The highest BCUT2D eigenvalue weighted by Gasteiger charge is 2.02. The first-order valence-corrected chi connectivity index (χ1v) is 7.82. The van der Waals surface area contributed by atoms with Crippen molar-refractivity contribution in [2.45, 2.75) is 39.7 Å². The molecular formula is C16H22N4S. The molecule has 0 aliphatic carbocycles. The highest BCUT2D eigenvalue weighted by atomic mass is 32.1. The van der Waals surface area contributed by atoms with Gasteiger partial charge >= 0.3 is 0 Å². The SMILES string of the molecule is CCCCc1ccc(NC(=S)Nc2ccn(CC)n2)cc1. The molecule has 0 saturated heterocycles. The normalized spacial score (nSPS) is 10.4. The zero-order valence-electron chi connectivity index (χ0n) is 12.6. The first-order valence-electron chi connectivity index (χ1n) is 7.41. The Hall–Kier alpha value is -1.88. The van der Waals surface area contributed by atoms with Crippen LogP contribution in [0.1, 0.15) is 32.3 Å². The van der Waals surface area contributed by atoms with Crippen LogP contribution in [0.2, 0.25) is 0 Å². The van der Waals surface area contributed by atoms with Gasteiger partial charge < -0.3 is 10.6 Å². The molecule has 1 aromatic heterocycles.